The van der Waals surface area contributed by atoms with Crippen molar-refractivity contribution in [1.29, 1.82) is 0 Å². The molecule has 138 valence electrons. The van der Waals surface area contributed by atoms with Crippen molar-refractivity contribution in [3.05, 3.63) is 53.6 Å². The van der Waals surface area contributed by atoms with Crippen LogP contribution in [0.1, 0.15) is 31.0 Å². The average Bonchev–Trinajstić information content (AvgIpc) is 2.64. The number of aliphatic hydroxyl groups is 1. The SMILES string of the molecule is CC1(C)Oc2cc3c(cc2[C@H](NCCc2ccccc2)[C@H]1O)OCCN3. The van der Waals surface area contributed by atoms with Crippen LogP contribution in [0.3, 0.4) is 0 Å². The van der Waals surface area contributed by atoms with Crippen LogP contribution < -0.4 is 20.1 Å². The highest BCUT2D eigenvalue weighted by Gasteiger charge is 2.43. The number of rotatable bonds is 4. The molecule has 0 unspecified atom stereocenters. The highest BCUT2D eigenvalue weighted by atomic mass is 16.5. The van der Waals surface area contributed by atoms with Crippen molar-refractivity contribution in [3.63, 3.8) is 0 Å². The van der Waals surface area contributed by atoms with Crippen molar-refractivity contribution < 1.29 is 14.6 Å². The molecule has 2 heterocycles. The van der Waals surface area contributed by atoms with Crippen molar-refractivity contribution in [2.45, 2.75) is 38.0 Å². The first-order chi connectivity index (χ1) is 12.5. The Morgan fingerprint density at radius 2 is 2.00 bits per heavy atom. The minimum atomic E-state index is -0.666. The van der Waals surface area contributed by atoms with Gasteiger partial charge in [0, 0.05) is 18.2 Å². The summed E-state index contributed by atoms with van der Waals surface area (Å²) in [5.41, 5.74) is 2.51. The Kier molecular flexibility index (Phi) is 4.51. The Hall–Kier alpha value is -2.24. The molecule has 2 aromatic rings. The highest BCUT2D eigenvalue weighted by molar-refractivity contribution is 5.64. The summed E-state index contributed by atoms with van der Waals surface area (Å²) in [5, 5.41) is 17.8. The molecule has 5 heteroatoms. The van der Waals surface area contributed by atoms with E-state index < -0.39 is 11.7 Å². The van der Waals surface area contributed by atoms with Gasteiger partial charge in [0.15, 0.2) is 0 Å². The monoisotopic (exact) mass is 354 g/mol. The number of hydrogen-bond acceptors (Lipinski definition) is 5. The number of fused-ring (bicyclic) bond motifs is 2. The molecule has 0 aromatic heterocycles. The predicted octanol–water partition coefficient (Wildman–Crippen LogP) is 2.90. The minimum absolute atomic E-state index is 0.201. The van der Waals surface area contributed by atoms with Crippen LogP contribution >= 0.6 is 0 Å². The van der Waals surface area contributed by atoms with Gasteiger partial charge in [-0.15, -0.1) is 0 Å². The zero-order valence-corrected chi connectivity index (χ0v) is 15.3. The molecule has 2 aromatic carbocycles. The zero-order valence-electron chi connectivity index (χ0n) is 15.3. The van der Waals surface area contributed by atoms with E-state index in [0.29, 0.717) is 6.61 Å². The second kappa shape index (κ2) is 6.82. The lowest BCUT2D eigenvalue weighted by atomic mass is 9.86. The molecule has 2 aliphatic rings. The lowest BCUT2D eigenvalue weighted by Gasteiger charge is -2.43. The summed E-state index contributed by atoms with van der Waals surface area (Å²) < 4.78 is 11.9. The molecule has 3 N–H and O–H groups in total. The van der Waals surface area contributed by atoms with Crippen LogP contribution in [0, 0.1) is 0 Å². The average molecular weight is 354 g/mol. The summed E-state index contributed by atoms with van der Waals surface area (Å²) in [6, 6.07) is 14.1. The van der Waals surface area contributed by atoms with Gasteiger partial charge in [0.05, 0.1) is 11.7 Å². The van der Waals surface area contributed by atoms with Gasteiger partial charge in [-0.2, -0.15) is 0 Å². The van der Waals surface area contributed by atoms with Crippen molar-refractivity contribution in [2.24, 2.45) is 0 Å². The molecule has 0 aliphatic carbocycles. The third-order valence-electron chi connectivity index (χ3n) is 5.14. The molecular formula is C21H26N2O3. The third kappa shape index (κ3) is 3.24. The van der Waals surface area contributed by atoms with Crippen molar-refractivity contribution in [3.8, 4) is 11.5 Å². The van der Waals surface area contributed by atoms with Gasteiger partial charge in [-0.3, -0.25) is 0 Å². The molecule has 2 atom stereocenters. The van der Waals surface area contributed by atoms with E-state index in [1.807, 2.05) is 44.2 Å². The number of benzene rings is 2. The van der Waals surface area contributed by atoms with Gasteiger partial charge in [0.25, 0.3) is 0 Å². The van der Waals surface area contributed by atoms with E-state index in [2.05, 4.69) is 22.8 Å². The van der Waals surface area contributed by atoms with Gasteiger partial charge in [-0.1, -0.05) is 30.3 Å². The molecule has 2 aliphatic heterocycles. The highest BCUT2D eigenvalue weighted by Crippen LogP contribution is 2.44. The fourth-order valence-corrected chi connectivity index (χ4v) is 3.66. The molecular weight excluding hydrogens is 328 g/mol. The van der Waals surface area contributed by atoms with Crippen LogP contribution in [0.2, 0.25) is 0 Å². The molecule has 4 rings (SSSR count). The van der Waals surface area contributed by atoms with Crippen LogP contribution in [0.4, 0.5) is 5.69 Å². The Balaban J connectivity index is 1.58. The molecule has 0 radical (unpaired) electrons. The zero-order chi connectivity index (χ0) is 18.1. The quantitative estimate of drug-likeness (QED) is 0.788. The Labute approximate surface area is 154 Å². The van der Waals surface area contributed by atoms with E-state index in [1.165, 1.54) is 5.56 Å². The first-order valence-corrected chi connectivity index (χ1v) is 9.23. The summed E-state index contributed by atoms with van der Waals surface area (Å²) in [6.45, 7) is 6.06. The van der Waals surface area contributed by atoms with E-state index in [0.717, 1.165) is 42.3 Å². The van der Waals surface area contributed by atoms with Crippen LogP contribution in [-0.2, 0) is 6.42 Å². The number of nitrogens with one attached hydrogen (secondary N) is 2. The fourth-order valence-electron chi connectivity index (χ4n) is 3.66. The Bertz CT molecular complexity index is 776. The first-order valence-electron chi connectivity index (χ1n) is 9.23. The second-order valence-electron chi connectivity index (χ2n) is 7.48. The summed E-state index contributed by atoms with van der Waals surface area (Å²) >= 11 is 0. The number of aliphatic hydroxyl groups excluding tert-OH is 1. The molecule has 0 fully saturated rings. The maximum absolute atomic E-state index is 10.9. The molecule has 0 saturated carbocycles. The van der Waals surface area contributed by atoms with Crippen molar-refractivity contribution in [1.82, 2.24) is 5.32 Å². The smallest absolute Gasteiger partial charge is 0.143 e. The van der Waals surface area contributed by atoms with E-state index in [-0.39, 0.29) is 6.04 Å². The number of hydrogen-bond donors (Lipinski definition) is 3. The van der Waals surface area contributed by atoms with Gasteiger partial charge < -0.3 is 25.2 Å². The van der Waals surface area contributed by atoms with Crippen LogP contribution in [0.5, 0.6) is 11.5 Å². The van der Waals surface area contributed by atoms with Crippen molar-refractivity contribution in [2.75, 3.05) is 25.0 Å². The number of anilines is 1. The van der Waals surface area contributed by atoms with E-state index in [4.69, 9.17) is 9.47 Å². The predicted molar refractivity (Wildman–Crippen MR) is 102 cm³/mol. The van der Waals surface area contributed by atoms with Gasteiger partial charge >= 0.3 is 0 Å². The fraction of sp³-hybridized carbons (Fsp3) is 0.429. The van der Waals surface area contributed by atoms with Crippen molar-refractivity contribution >= 4 is 5.69 Å². The number of ether oxygens (including phenoxy) is 2. The van der Waals surface area contributed by atoms with Gasteiger partial charge in [-0.05, 0) is 38.4 Å². The third-order valence-corrected chi connectivity index (χ3v) is 5.14. The summed E-state index contributed by atoms with van der Waals surface area (Å²) in [6.07, 6.45) is 0.254. The molecule has 0 saturated heterocycles. The van der Waals surface area contributed by atoms with Crippen LogP contribution in [0.15, 0.2) is 42.5 Å². The lowest BCUT2D eigenvalue weighted by molar-refractivity contribution is -0.0644. The van der Waals surface area contributed by atoms with Gasteiger partial charge in [-0.25, -0.2) is 0 Å². The maximum Gasteiger partial charge on any atom is 0.143 e. The van der Waals surface area contributed by atoms with Gasteiger partial charge in [0.2, 0.25) is 0 Å². The van der Waals surface area contributed by atoms with E-state index in [9.17, 15) is 5.11 Å². The van der Waals surface area contributed by atoms with E-state index in [1.54, 1.807) is 0 Å². The Morgan fingerprint density at radius 1 is 1.19 bits per heavy atom. The lowest BCUT2D eigenvalue weighted by Crippen LogP contribution is -2.52. The largest absolute Gasteiger partial charge is 0.490 e. The summed E-state index contributed by atoms with van der Waals surface area (Å²) in [4.78, 5) is 0. The molecule has 0 amide bonds. The summed E-state index contributed by atoms with van der Waals surface area (Å²) in [7, 11) is 0. The van der Waals surface area contributed by atoms with Crippen LogP contribution in [0.25, 0.3) is 0 Å². The minimum Gasteiger partial charge on any atom is -0.490 e. The normalized spacial score (nSPS) is 23.0. The molecule has 26 heavy (non-hydrogen) atoms. The maximum atomic E-state index is 10.9. The topological polar surface area (TPSA) is 62.8 Å². The summed E-state index contributed by atoms with van der Waals surface area (Å²) in [5.74, 6) is 1.62. The van der Waals surface area contributed by atoms with Gasteiger partial charge in [0.1, 0.15) is 29.8 Å². The molecule has 5 nitrogen and oxygen atoms in total. The van der Waals surface area contributed by atoms with E-state index >= 15 is 0 Å². The molecule has 0 spiro atoms. The standard InChI is InChI=1S/C21H26N2O3/c1-21(2)20(24)19(23-9-8-14-6-4-3-5-7-14)15-12-18-16(13-17(15)26-21)22-10-11-25-18/h3-7,12-13,19-20,22-24H,8-11H2,1-2H3/t19-,20+/m0/s1. The molecule has 0 bridgehead atoms. The van der Waals surface area contributed by atoms with Crippen LogP contribution in [-0.4, -0.2) is 36.5 Å². The first kappa shape index (κ1) is 17.2. The second-order valence-corrected chi connectivity index (χ2v) is 7.48. The Morgan fingerprint density at radius 3 is 2.81 bits per heavy atom.